The van der Waals surface area contributed by atoms with Crippen LogP contribution in [0.2, 0.25) is 0 Å². The molecule has 3 nitrogen and oxygen atoms in total. The van der Waals surface area contributed by atoms with Crippen LogP contribution in [-0.4, -0.2) is 25.5 Å². The lowest BCUT2D eigenvalue weighted by atomic mass is 10.0. The number of carbonyl (C=O) groups is 1. The van der Waals surface area contributed by atoms with E-state index in [1.807, 2.05) is 0 Å². The molecule has 1 aliphatic heterocycles. The van der Waals surface area contributed by atoms with Crippen LogP contribution in [0.4, 0.5) is 0 Å². The van der Waals surface area contributed by atoms with E-state index in [1.54, 1.807) is 0 Å². The lowest BCUT2D eigenvalue weighted by Crippen LogP contribution is -2.50. The van der Waals surface area contributed by atoms with Gasteiger partial charge >= 0.3 is 0 Å². The number of amides is 1. The van der Waals surface area contributed by atoms with Crippen molar-refractivity contribution >= 4 is 18.3 Å². The first-order valence-electron chi connectivity index (χ1n) is 3.83. The highest BCUT2D eigenvalue weighted by Crippen LogP contribution is 2.01. The highest BCUT2D eigenvalue weighted by atomic mass is 35.5. The van der Waals surface area contributed by atoms with Crippen molar-refractivity contribution in [2.45, 2.75) is 13.3 Å². The molecule has 0 saturated carbocycles. The van der Waals surface area contributed by atoms with Gasteiger partial charge in [-0.25, -0.2) is 0 Å². The van der Waals surface area contributed by atoms with Gasteiger partial charge in [-0.05, 0) is 6.42 Å². The van der Waals surface area contributed by atoms with Crippen LogP contribution < -0.4 is 10.6 Å². The molecule has 0 atom stereocenters. The van der Waals surface area contributed by atoms with Gasteiger partial charge in [-0.2, -0.15) is 0 Å². The lowest BCUT2D eigenvalue weighted by molar-refractivity contribution is -0.126. The molecule has 1 heterocycles. The zero-order valence-electron chi connectivity index (χ0n) is 6.72. The van der Waals surface area contributed by atoms with Gasteiger partial charge in [0.05, 0.1) is 5.92 Å². The first kappa shape index (κ1) is 10.7. The molecular formula is C7H15ClN2O. The number of hydrogen-bond acceptors (Lipinski definition) is 2. The standard InChI is InChI=1S/C7H14N2O.ClH/c1-2-3-9-7(10)6-4-8-5-6;/h6,8H,2-5H2,1H3,(H,9,10);1H. The Morgan fingerprint density at radius 3 is 2.64 bits per heavy atom. The molecule has 0 spiro atoms. The first-order chi connectivity index (χ1) is 4.84. The molecule has 11 heavy (non-hydrogen) atoms. The van der Waals surface area contributed by atoms with Gasteiger partial charge in [-0.3, -0.25) is 4.79 Å². The molecule has 1 saturated heterocycles. The van der Waals surface area contributed by atoms with Crippen molar-refractivity contribution in [3.63, 3.8) is 0 Å². The number of carbonyl (C=O) groups excluding carboxylic acids is 1. The number of halogens is 1. The van der Waals surface area contributed by atoms with E-state index in [9.17, 15) is 4.79 Å². The number of hydrogen-bond donors (Lipinski definition) is 2. The van der Waals surface area contributed by atoms with Crippen LogP contribution in [0, 0.1) is 5.92 Å². The van der Waals surface area contributed by atoms with Gasteiger partial charge in [-0.15, -0.1) is 12.4 Å². The molecule has 0 bridgehead atoms. The maximum atomic E-state index is 11.0. The molecule has 66 valence electrons. The maximum absolute atomic E-state index is 11.0. The van der Waals surface area contributed by atoms with Gasteiger partial charge in [-0.1, -0.05) is 6.92 Å². The van der Waals surface area contributed by atoms with Crippen LogP contribution in [0.15, 0.2) is 0 Å². The molecule has 0 aromatic carbocycles. The van der Waals surface area contributed by atoms with E-state index >= 15 is 0 Å². The summed E-state index contributed by atoms with van der Waals surface area (Å²) in [4.78, 5) is 11.0. The average molecular weight is 179 g/mol. The van der Waals surface area contributed by atoms with Gasteiger partial charge in [0.25, 0.3) is 0 Å². The van der Waals surface area contributed by atoms with E-state index in [0.717, 1.165) is 26.1 Å². The predicted molar refractivity (Wildman–Crippen MR) is 46.9 cm³/mol. The molecule has 2 N–H and O–H groups in total. The van der Waals surface area contributed by atoms with Gasteiger partial charge < -0.3 is 10.6 Å². The first-order valence-corrected chi connectivity index (χ1v) is 3.83. The van der Waals surface area contributed by atoms with Crippen LogP contribution in [0.3, 0.4) is 0 Å². The molecule has 0 aliphatic carbocycles. The Morgan fingerprint density at radius 2 is 2.27 bits per heavy atom. The third kappa shape index (κ3) is 3.08. The minimum absolute atomic E-state index is 0. The largest absolute Gasteiger partial charge is 0.356 e. The monoisotopic (exact) mass is 178 g/mol. The quantitative estimate of drug-likeness (QED) is 0.646. The van der Waals surface area contributed by atoms with Gasteiger partial charge in [0.15, 0.2) is 0 Å². The summed E-state index contributed by atoms with van der Waals surface area (Å²) in [5.74, 6) is 0.451. The highest BCUT2D eigenvalue weighted by molar-refractivity contribution is 5.85. The molecule has 0 aromatic rings. The number of rotatable bonds is 3. The van der Waals surface area contributed by atoms with E-state index in [-0.39, 0.29) is 24.2 Å². The van der Waals surface area contributed by atoms with Crippen molar-refractivity contribution in [2.24, 2.45) is 5.92 Å². The van der Waals surface area contributed by atoms with Crippen LogP contribution in [0.5, 0.6) is 0 Å². The Bertz CT molecular complexity index is 126. The summed E-state index contributed by atoms with van der Waals surface area (Å²) in [6.45, 7) is 4.58. The fourth-order valence-electron chi connectivity index (χ4n) is 0.867. The van der Waals surface area contributed by atoms with Gasteiger partial charge in [0, 0.05) is 19.6 Å². The third-order valence-corrected chi connectivity index (χ3v) is 1.70. The van der Waals surface area contributed by atoms with E-state index in [4.69, 9.17) is 0 Å². The minimum Gasteiger partial charge on any atom is -0.356 e. The van der Waals surface area contributed by atoms with Crippen LogP contribution in [0.1, 0.15) is 13.3 Å². The van der Waals surface area contributed by atoms with Crippen LogP contribution >= 0.6 is 12.4 Å². The fourth-order valence-corrected chi connectivity index (χ4v) is 0.867. The van der Waals surface area contributed by atoms with E-state index in [2.05, 4.69) is 17.6 Å². The Hall–Kier alpha value is -0.280. The third-order valence-electron chi connectivity index (χ3n) is 1.70. The highest BCUT2D eigenvalue weighted by Gasteiger charge is 2.23. The second-order valence-electron chi connectivity index (χ2n) is 2.65. The van der Waals surface area contributed by atoms with Crippen LogP contribution in [-0.2, 0) is 4.79 Å². The van der Waals surface area contributed by atoms with Crippen molar-refractivity contribution in [3.05, 3.63) is 0 Å². The molecule has 0 aromatic heterocycles. The van der Waals surface area contributed by atoms with Crippen molar-refractivity contribution in [1.29, 1.82) is 0 Å². The Morgan fingerprint density at radius 1 is 1.64 bits per heavy atom. The average Bonchev–Trinajstić information content (AvgIpc) is 1.79. The van der Waals surface area contributed by atoms with E-state index in [0.29, 0.717) is 0 Å². The van der Waals surface area contributed by atoms with Crippen molar-refractivity contribution in [3.8, 4) is 0 Å². The summed E-state index contributed by atoms with van der Waals surface area (Å²) in [6.07, 6.45) is 1.02. The second kappa shape index (κ2) is 5.38. The molecule has 1 rings (SSSR count). The minimum atomic E-state index is 0. The summed E-state index contributed by atoms with van der Waals surface area (Å²) in [7, 11) is 0. The second-order valence-corrected chi connectivity index (χ2v) is 2.65. The molecular weight excluding hydrogens is 164 g/mol. The Balaban J connectivity index is 0.000001000. The number of nitrogens with one attached hydrogen (secondary N) is 2. The van der Waals surface area contributed by atoms with E-state index < -0.39 is 0 Å². The SMILES string of the molecule is CCCNC(=O)C1CNC1.Cl. The predicted octanol–water partition coefficient (Wildman–Crippen LogP) is 0.154. The van der Waals surface area contributed by atoms with Gasteiger partial charge in [0.1, 0.15) is 0 Å². The molecule has 0 radical (unpaired) electrons. The lowest BCUT2D eigenvalue weighted by Gasteiger charge is -2.25. The summed E-state index contributed by atoms with van der Waals surface area (Å²) in [5, 5.41) is 5.91. The summed E-state index contributed by atoms with van der Waals surface area (Å²) in [5.41, 5.74) is 0. The summed E-state index contributed by atoms with van der Waals surface area (Å²) >= 11 is 0. The zero-order valence-corrected chi connectivity index (χ0v) is 7.54. The van der Waals surface area contributed by atoms with Crippen molar-refractivity contribution in [2.75, 3.05) is 19.6 Å². The van der Waals surface area contributed by atoms with Crippen molar-refractivity contribution < 1.29 is 4.79 Å². The smallest absolute Gasteiger partial charge is 0.225 e. The fraction of sp³-hybridized carbons (Fsp3) is 0.857. The maximum Gasteiger partial charge on any atom is 0.225 e. The Labute approximate surface area is 73.3 Å². The molecule has 0 unspecified atom stereocenters. The molecule has 1 amide bonds. The van der Waals surface area contributed by atoms with Gasteiger partial charge in [0.2, 0.25) is 5.91 Å². The summed E-state index contributed by atoms with van der Waals surface area (Å²) in [6, 6.07) is 0. The molecule has 4 heteroatoms. The molecule has 1 fully saturated rings. The van der Waals surface area contributed by atoms with Crippen molar-refractivity contribution in [1.82, 2.24) is 10.6 Å². The summed E-state index contributed by atoms with van der Waals surface area (Å²) < 4.78 is 0. The topological polar surface area (TPSA) is 41.1 Å². The van der Waals surface area contributed by atoms with E-state index in [1.165, 1.54) is 0 Å². The van der Waals surface area contributed by atoms with Crippen LogP contribution in [0.25, 0.3) is 0 Å². The molecule has 1 aliphatic rings. The zero-order chi connectivity index (χ0) is 7.40. The normalized spacial score (nSPS) is 16.5. The Kier molecular flexibility index (Phi) is 5.24.